The van der Waals surface area contributed by atoms with Gasteiger partial charge in [-0.2, -0.15) is 5.10 Å². The lowest BCUT2D eigenvalue weighted by atomic mass is 10.1. The summed E-state index contributed by atoms with van der Waals surface area (Å²) in [5.41, 5.74) is 2.15. The summed E-state index contributed by atoms with van der Waals surface area (Å²) in [5.74, 6) is -0.141. The second-order valence-electron chi connectivity index (χ2n) is 5.90. The van der Waals surface area contributed by atoms with Crippen molar-refractivity contribution < 1.29 is 13.2 Å². The van der Waals surface area contributed by atoms with Gasteiger partial charge >= 0.3 is 0 Å². The van der Waals surface area contributed by atoms with Crippen LogP contribution in [-0.4, -0.2) is 24.1 Å². The highest BCUT2D eigenvalue weighted by molar-refractivity contribution is 7.89. The molecule has 130 valence electrons. The van der Waals surface area contributed by atoms with E-state index in [4.69, 9.17) is 5.14 Å². The van der Waals surface area contributed by atoms with E-state index in [2.05, 4.69) is 10.4 Å². The Hall–Kier alpha value is -2.19. The molecule has 2 rings (SSSR count). The molecule has 7 nitrogen and oxygen atoms in total. The zero-order chi connectivity index (χ0) is 18.1. The standard InChI is InChI=1S/C16H22N4O3S/c1-5-20-14(9-13(19-20)10(2)3)16(21)18-12-7-6-11(4)15(8-12)24(17,22)23/h6-10H,5H2,1-4H3,(H,18,21)(H2,17,22,23). The van der Waals surface area contributed by atoms with Crippen LogP contribution in [-0.2, 0) is 16.6 Å². The van der Waals surface area contributed by atoms with Crippen molar-refractivity contribution in [1.29, 1.82) is 0 Å². The molecule has 0 unspecified atom stereocenters. The number of nitrogens with two attached hydrogens (primary N) is 1. The van der Waals surface area contributed by atoms with Gasteiger partial charge in [0.2, 0.25) is 10.0 Å². The van der Waals surface area contributed by atoms with Gasteiger partial charge in [-0.3, -0.25) is 9.48 Å². The number of nitrogens with one attached hydrogen (secondary N) is 1. The van der Waals surface area contributed by atoms with Gasteiger partial charge in [-0.05, 0) is 43.5 Å². The first-order chi connectivity index (χ1) is 11.1. The number of hydrogen-bond donors (Lipinski definition) is 2. The molecule has 0 saturated carbocycles. The molecule has 1 amide bonds. The molecule has 0 aliphatic rings. The highest BCUT2D eigenvalue weighted by Gasteiger charge is 2.18. The molecule has 24 heavy (non-hydrogen) atoms. The highest BCUT2D eigenvalue weighted by Crippen LogP contribution is 2.20. The first kappa shape index (κ1) is 18.2. The molecule has 1 heterocycles. The van der Waals surface area contributed by atoms with E-state index in [1.165, 1.54) is 6.07 Å². The number of anilines is 1. The number of sulfonamides is 1. The van der Waals surface area contributed by atoms with Crippen LogP contribution in [0.15, 0.2) is 29.2 Å². The summed E-state index contributed by atoms with van der Waals surface area (Å²) in [5, 5.41) is 12.3. The van der Waals surface area contributed by atoms with Crippen molar-refractivity contribution in [2.75, 3.05) is 5.32 Å². The molecular weight excluding hydrogens is 328 g/mol. The number of benzene rings is 1. The van der Waals surface area contributed by atoms with E-state index >= 15 is 0 Å². The van der Waals surface area contributed by atoms with Crippen LogP contribution in [0.4, 0.5) is 5.69 Å². The van der Waals surface area contributed by atoms with E-state index in [0.717, 1.165) is 5.69 Å². The minimum absolute atomic E-state index is 0.00725. The van der Waals surface area contributed by atoms with Gasteiger partial charge in [0, 0.05) is 12.2 Å². The van der Waals surface area contributed by atoms with Gasteiger partial charge in [0.15, 0.2) is 0 Å². The highest BCUT2D eigenvalue weighted by atomic mass is 32.2. The maximum absolute atomic E-state index is 12.5. The SMILES string of the molecule is CCn1nc(C(C)C)cc1C(=O)Nc1ccc(C)c(S(N)(=O)=O)c1. The molecule has 0 fully saturated rings. The predicted molar refractivity (Wildman–Crippen MR) is 92.5 cm³/mol. The average Bonchev–Trinajstić information content (AvgIpc) is 2.92. The monoisotopic (exact) mass is 350 g/mol. The number of primary sulfonamides is 1. The number of amides is 1. The molecule has 2 aromatic rings. The van der Waals surface area contributed by atoms with Gasteiger partial charge in [0.1, 0.15) is 5.69 Å². The Morgan fingerprint density at radius 3 is 2.54 bits per heavy atom. The summed E-state index contributed by atoms with van der Waals surface area (Å²) in [7, 11) is -3.85. The van der Waals surface area contributed by atoms with Crippen LogP contribution in [0.25, 0.3) is 0 Å². The zero-order valence-corrected chi connectivity index (χ0v) is 15.0. The average molecular weight is 350 g/mol. The summed E-state index contributed by atoms with van der Waals surface area (Å²) in [4.78, 5) is 12.5. The quantitative estimate of drug-likeness (QED) is 0.862. The fraction of sp³-hybridized carbons (Fsp3) is 0.375. The van der Waals surface area contributed by atoms with Crippen molar-refractivity contribution in [3.05, 3.63) is 41.2 Å². The van der Waals surface area contributed by atoms with E-state index in [0.29, 0.717) is 23.5 Å². The summed E-state index contributed by atoms with van der Waals surface area (Å²) in [6.45, 7) is 8.11. The summed E-state index contributed by atoms with van der Waals surface area (Å²) < 4.78 is 24.8. The first-order valence-electron chi connectivity index (χ1n) is 7.66. The lowest BCUT2D eigenvalue weighted by Gasteiger charge is -2.09. The molecule has 0 bridgehead atoms. The summed E-state index contributed by atoms with van der Waals surface area (Å²) in [6, 6.07) is 6.35. The maximum atomic E-state index is 12.5. The van der Waals surface area contributed by atoms with Crippen LogP contribution in [0.2, 0.25) is 0 Å². The predicted octanol–water partition coefficient (Wildman–Crippen LogP) is 2.23. The summed E-state index contributed by atoms with van der Waals surface area (Å²) in [6.07, 6.45) is 0. The van der Waals surface area contributed by atoms with E-state index in [9.17, 15) is 13.2 Å². The second-order valence-corrected chi connectivity index (χ2v) is 7.43. The lowest BCUT2D eigenvalue weighted by molar-refractivity contribution is 0.101. The molecule has 8 heteroatoms. The molecule has 1 aromatic heterocycles. The van der Waals surface area contributed by atoms with Crippen molar-refractivity contribution in [1.82, 2.24) is 9.78 Å². The first-order valence-corrected chi connectivity index (χ1v) is 9.20. The molecular formula is C16H22N4O3S. The smallest absolute Gasteiger partial charge is 0.273 e. The van der Waals surface area contributed by atoms with Crippen LogP contribution in [0.1, 0.15) is 48.4 Å². The Kier molecular flexibility index (Phi) is 5.10. The number of hydrogen-bond acceptors (Lipinski definition) is 4. The largest absolute Gasteiger partial charge is 0.321 e. The topological polar surface area (TPSA) is 107 Å². The van der Waals surface area contributed by atoms with E-state index < -0.39 is 10.0 Å². The molecule has 1 aromatic carbocycles. The van der Waals surface area contributed by atoms with Crippen LogP contribution in [0, 0.1) is 6.92 Å². The zero-order valence-electron chi connectivity index (χ0n) is 14.2. The van der Waals surface area contributed by atoms with Crippen molar-refractivity contribution in [3.63, 3.8) is 0 Å². The third kappa shape index (κ3) is 3.82. The second kappa shape index (κ2) is 6.74. The van der Waals surface area contributed by atoms with Gasteiger partial charge in [-0.1, -0.05) is 19.9 Å². The lowest BCUT2D eigenvalue weighted by Crippen LogP contribution is -2.18. The van der Waals surface area contributed by atoms with Gasteiger partial charge in [-0.25, -0.2) is 13.6 Å². The Labute approximate surface area is 141 Å². The van der Waals surface area contributed by atoms with Gasteiger partial charge in [-0.15, -0.1) is 0 Å². The molecule has 0 saturated heterocycles. The Bertz CT molecular complexity index is 869. The fourth-order valence-electron chi connectivity index (χ4n) is 2.32. The molecule has 0 spiro atoms. The van der Waals surface area contributed by atoms with E-state index in [1.807, 2.05) is 20.8 Å². The number of aryl methyl sites for hydroxylation is 2. The number of carbonyl (C=O) groups is 1. The van der Waals surface area contributed by atoms with E-state index in [1.54, 1.807) is 29.8 Å². The Balaban J connectivity index is 2.34. The molecule has 0 radical (unpaired) electrons. The Morgan fingerprint density at radius 2 is 2.00 bits per heavy atom. The number of aromatic nitrogens is 2. The third-order valence-corrected chi connectivity index (χ3v) is 4.73. The van der Waals surface area contributed by atoms with Crippen LogP contribution in [0.5, 0.6) is 0 Å². The molecule has 0 atom stereocenters. The Morgan fingerprint density at radius 1 is 1.33 bits per heavy atom. The van der Waals surface area contributed by atoms with Crippen LogP contribution < -0.4 is 10.5 Å². The van der Waals surface area contributed by atoms with E-state index in [-0.39, 0.29) is 16.7 Å². The van der Waals surface area contributed by atoms with Gasteiger partial charge in [0.25, 0.3) is 5.91 Å². The van der Waals surface area contributed by atoms with Gasteiger partial charge in [0.05, 0.1) is 10.6 Å². The minimum atomic E-state index is -3.85. The number of carbonyl (C=O) groups excluding carboxylic acids is 1. The van der Waals surface area contributed by atoms with Gasteiger partial charge < -0.3 is 5.32 Å². The normalized spacial score (nSPS) is 11.8. The number of rotatable bonds is 5. The van der Waals surface area contributed by atoms with Crippen LogP contribution >= 0.6 is 0 Å². The van der Waals surface area contributed by atoms with Crippen LogP contribution in [0.3, 0.4) is 0 Å². The van der Waals surface area contributed by atoms with Crippen molar-refractivity contribution in [3.8, 4) is 0 Å². The number of nitrogens with zero attached hydrogens (tertiary/aromatic N) is 2. The fourth-order valence-corrected chi connectivity index (χ4v) is 3.13. The summed E-state index contributed by atoms with van der Waals surface area (Å²) >= 11 is 0. The molecule has 0 aliphatic heterocycles. The maximum Gasteiger partial charge on any atom is 0.273 e. The molecule has 3 N–H and O–H groups in total. The van der Waals surface area contributed by atoms with Crippen molar-refractivity contribution in [2.24, 2.45) is 5.14 Å². The van der Waals surface area contributed by atoms with Crippen molar-refractivity contribution >= 4 is 21.6 Å². The minimum Gasteiger partial charge on any atom is -0.321 e. The molecule has 0 aliphatic carbocycles. The third-order valence-electron chi connectivity index (χ3n) is 3.68. The van der Waals surface area contributed by atoms with Crippen molar-refractivity contribution in [2.45, 2.75) is 45.1 Å².